The molecule has 2 aromatic carbocycles. The minimum atomic E-state index is -0.555. The Morgan fingerprint density at radius 3 is 2.68 bits per heavy atom. The minimum Gasteiger partial charge on any atom is -0.367 e. The summed E-state index contributed by atoms with van der Waals surface area (Å²) in [6.45, 7) is 6.11. The van der Waals surface area contributed by atoms with Crippen molar-refractivity contribution in [2.24, 2.45) is 4.99 Å². The Morgan fingerprint density at radius 1 is 1.19 bits per heavy atom. The second-order valence-electron chi connectivity index (χ2n) is 7.75. The second kappa shape index (κ2) is 12.2. The van der Waals surface area contributed by atoms with E-state index >= 15 is 0 Å². The van der Waals surface area contributed by atoms with Crippen molar-refractivity contribution in [3.63, 3.8) is 0 Å². The first-order valence-corrected chi connectivity index (χ1v) is 10.4. The topological polar surface area (TPSA) is 42.9 Å². The number of halogens is 3. The summed E-state index contributed by atoms with van der Waals surface area (Å²) in [4.78, 5) is 8.53. The molecule has 0 aromatic heterocycles. The molecule has 1 fully saturated rings. The molecule has 0 amide bonds. The number of guanidine groups is 1. The van der Waals surface area contributed by atoms with E-state index in [2.05, 4.69) is 58.8 Å². The normalized spacial score (nSPS) is 16.4. The van der Waals surface area contributed by atoms with Gasteiger partial charge in [0.2, 0.25) is 0 Å². The van der Waals surface area contributed by atoms with Gasteiger partial charge >= 0.3 is 0 Å². The number of hydrogen-bond donors (Lipinski definition) is 2. The fourth-order valence-corrected chi connectivity index (χ4v) is 3.67. The molecule has 1 unspecified atom stereocenters. The highest BCUT2D eigenvalue weighted by Gasteiger charge is 2.25. The Morgan fingerprint density at radius 2 is 1.97 bits per heavy atom. The van der Waals surface area contributed by atoms with E-state index in [0.717, 1.165) is 31.5 Å². The van der Waals surface area contributed by atoms with Crippen LogP contribution < -0.4 is 15.5 Å². The van der Waals surface area contributed by atoms with Crippen molar-refractivity contribution >= 4 is 35.6 Å². The van der Waals surface area contributed by atoms with Crippen LogP contribution in [0, 0.1) is 11.6 Å². The van der Waals surface area contributed by atoms with Crippen LogP contribution in [0.15, 0.2) is 47.5 Å². The SMILES string of the molecule is CCN(C)Cc1cccc(CNC(=NC)NC2CCN(c3ccc(F)cc3F)C2)c1.I. The van der Waals surface area contributed by atoms with Crippen LogP contribution in [0.4, 0.5) is 14.5 Å². The molecule has 3 rings (SSSR count). The summed E-state index contributed by atoms with van der Waals surface area (Å²) in [5.74, 6) is -0.357. The molecule has 0 bridgehead atoms. The highest BCUT2D eigenvalue weighted by molar-refractivity contribution is 14.0. The van der Waals surface area contributed by atoms with Crippen molar-refractivity contribution in [1.82, 2.24) is 15.5 Å². The average molecular weight is 543 g/mol. The fourth-order valence-electron chi connectivity index (χ4n) is 3.67. The summed E-state index contributed by atoms with van der Waals surface area (Å²) < 4.78 is 27.2. The number of hydrogen-bond acceptors (Lipinski definition) is 3. The lowest BCUT2D eigenvalue weighted by Gasteiger charge is -2.21. The molecule has 1 saturated heterocycles. The molecule has 1 heterocycles. The number of anilines is 1. The molecule has 1 aliphatic rings. The lowest BCUT2D eigenvalue weighted by atomic mass is 10.1. The molecule has 31 heavy (non-hydrogen) atoms. The van der Waals surface area contributed by atoms with E-state index in [9.17, 15) is 8.78 Å². The van der Waals surface area contributed by atoms with Gasteiger partial charge in [0.15, 0.2) is 5.96 Å². The fraction of sp³-hybridized carbons (Fsp3) is 0.435. The van der Waals surface area contributed by atoms with Crippen molar-refractivity contribution in [2.75, 3.05) is 38.6 Å². The number of nitrogens with zero attached hydrogens (tertiary/aromatic N) is 3. The van der Waals surface area contributed by atoms with Crippen LogP contribution >= 0.6 is 24.0 Å². The number of benzene rings is 2. The van der Waals surface area contributed by atoms with Gasteiger partial charge in [0.25, 0.3) is 0 Å². The Hall–Kier alpha value is -1.94. The van der Waals surface area contributed by atoms with Crippen molar-refractivity contribution in [3.8, 4) is 0 Å². The zero-order chi connectivity index (χ0) is 21.5. The van der Waals surface area contributed by atoms with E-state index in [-0.39, 0.29) is 30.0 Å². The molecule has 0 spiro atoms. The zero-order valence-corrected chi connectivity index (χ0v) is 20.7. The predicted octanol–water partition coefficient (Wildman–Crippen LogP) is 3.98. The van der Waals surface area contributed by atoms with Gasteiger partial charge in [0.05, 0.1) is 5.69 Å². The third-order valence-corrected chi connectivity index (χ3v) is 5.45. The van der Waals surface area contributed by atoms with E-state index in [1.807, 2.05) is 4.90 Å². The molecule has 0 aliphatic carbocycles. The molecule has 170 valence electrons. The van der Waals surface area contributed by atoms with Gasteiger partial charge in [-0.05, 0) is 43.3 Å². The highest BCUT2D eigenvalue weighted by Crippen LogP contribution is 2.24. The first kappa shape index (κ1) is 25.3. The Bertz CT molecular complexity index is 877. The molecule has 5 nitrogen and oxygen atoms in total. The van der Waals surface area contributed by atoms with Crippen molar-refractivity contribution in [2.45, 2.75) is 32.5 Å². The molecular weight excluding hydrogens is 511 g/mol. The summed E-state index contributed by atoms with van der Waals surface area (Å²) in [6.07, 6.45) is 0.857. The predicted molar refractivity (Wildman–Crippen MR) is 134 cm³/mol. The van der Waals surface area contributed by atoms with Gasteiger partial charge in [-0.15, -0.1) is 24.0 Å². The van der Waals surface area contributed by atoms with E-state index < -0.39 is 11.6 Å². The highest BCUT2D eigenvalue weighted by atomic mass is 127. The Labute approximate surface area is 200 Å². The van der Waals surface area contributed by atoms with Crippen LogP contribution in [-0.2, 0) is 13.1 Å². The maximum atomic E-state index is 14.1. The summed E-state index contributed by atoms with van der Waals surface area (Å²) in [5.41, 5.74) is 2.92. The summed E-state index contributed by atoms with van der Waals surface area (Å²) in [7, 11) is 3.85. The van der Waals surface area contributed by atoms with Crippen LogP contribution in [0.1, 0.15) is 24.5 Å². The number of aliphatic imine (C=N–C) groups is 1. The van der Waals surface area contributed by atoms with Crippen LogP contribution in [-0.4, -0.2) is 50.6 Å². The quantitative estimate of drug-likeness (QED) is 0.315. The molecule has 1 atom stereocenters. The molecule has 2 aromatic rings. The summed E-state index contributed by atoms with van der Waals surface area (Å²) in [6, 6.07) is 12.4. The average Bonchev–Trinajstić information content (AvgIpc) is 3.19. The first-order valence-electron chi connectivity index (χ1n) is 10.4. The molecule has 0 saturated carbocycles. The van der Waals surface area contributed by atoms with E-state index in [0.29, 0.717) is 25.3 Å². The number of rotatable bonds is 7. The Balaban J connectivity index is 0.00000341. The van der Waals surface area contributed by atoms with Crippen molar-refractivity contribution < 1.29 is 8.78 Å². The monoisotopic (exact) mass is 543 g/mol. The minimum absolute atomic E-state index is 0. The van der Waals surface area contributed by atoms with Gasteiger partial charge < -0.3 is 20.4 Å². The maximum Gasteiger partial charge on any atom is 0.191 e. The van der Waals surface area contributed by atoms with Crippen LogP contribution in [0.5, 0.6) is 0 Å². The molecular formula is C23H32F2IN5. The van der Waals surface area contributed by atoms with E-state index in [1.54, 1.807) is 7.05 Å². The van der Waals surface area contributed by atoms with Gasteiger partial charge in [-0.3, -0.25) is 4.99 Å². The largest absolute Gasteiger partial charge is 0.367 e. The van der Waals surface area contributed by atoms with Crippen molar-refractivity contribution in [1.29, 1.82) is 0 Å². The zero-order valence-electron chi connectivity index (χ0n) is 18.4. The Kier molecular flexibility index (Phi) is 9.95. The third-order valence-electron chi connectivity index (χ3n) is 5.45. The van der Waals surface area contributed by atoms with Gasteiger partial charge in [0, 0.05) is 45.3 Å². The third kappa shape index (κ3) is 7.31. The standard InChI is InChI=1S/C23H31F2N5.HI/c1-4-29(3)15-18-7-5-6-17(12-18)14-27-23(26-2)28-20-10-11-30(16-20)22-9-8-19(24)13-21(22)25;/h5-9,12-13,20H,4,10-11,14-16H2,1-3H3,(H2,26,27,28);1H. The van der Waals surface area contributed by atoms with Crippen LogP contribution in [0.2, 0.25) is 0 Å². The van der Waals surface area contributed by atoms with Crippen LogP contribution in [0.3, 0.4) is 0 Å². The first-order chi connectivity index (χ1) is 14.5. The molecule has 1 aliphatic heterocycles. The van der Waals surface area contributed by atoms with Gasteiger partial charge in [-0.25, -0.2) is 8.78 Å². The molecule has 0 radical (unpaired) electrons. The maximum absolute atomic E-state index is 14.1. The second-order valence-corrected chi connectivity index (χ2v) is 7.75. The lowest BCUT2D eigenvalue weighted by Crippen LogP contribution is -2.44. The van der Waals surface area contributed by atoms with Crippen LogP contribution in [0.25, 0.3) is 0 Å². The smallest absolute Gasteiger partial charge is 0.191 e. The van der Waals surface area contributed by atoms with Crippen molar-refractivity contribution in [3.05, 3.63) is 65.2 Å². The van der Waals surface area contributed by atoms with Gasteiger partial charge in [-0.1, -0.05) is 31.2 Å². The lowest BCUT2D eigenvalue weighted by molar-refractivity contribution is 0.345. The molecule has 8 heteroatoms. The van der Waals surface area contributed by atoms with E-state index in [4.69, 9.17) is 0 Å². The van der Waals surface area contributed by atoms with Gasteiger partial charge in [0.1, 0.15) is 11.6 Å². The number of nitrogens with one attached hydrogen (secondary N) is 2. The molecule has 2 N–H and O–H groups in total. The van der Waals surface area contributed by atoms with E-state index in [1.165, 1.54) is 23.3 Å². The summed E-state index contributed by atoms with van der Waals surface area (Å²) in [5, 5.41) is 6.78. The summed E-state index contributed by atoms with van der Waals surface area (Å²) >= 11 is 0. The van der Waals surface area contributed by atoms with Gasteiger partial charge in [-0.2, -0.15) is 0 Å².